The molecule has 2 aromatic rings. The number of alkyl halides is 2. The summed E-state index contributed by atoms with van der Waals surface area (Å²) in [5.74, 6) is -1.73. The van der Waals surface area contributed by atoms with E-state index < -0.39 is 28.9 Å². The second kappa shape index (κ2) is 11.0. The second-order valence-electron chi connectivity index (χ2n) is 9.19. The van der Waals surface area contributed by atoms with Crippen LogP contribution in [0.3, 0.4) is 0 Å². The highest BCUT2D eigenvalue weighted by molar-refractivity contribution is 7.96. The lowest BCUT2D eigenvalue weighted by atomic mass is 9.53. The fourth-order valence-electron chi connectivity index (χ4n) is 5.53. The first-order valence-electron chi connectivity index (χ1n) is 11.3. The number of ketones is 1. The molecule has 4 saturated carbocycles. The summed E-state index contributed by atoms with van der Waals surface area (Å²) >= 11 is -0.694. The maximum atomic E-state index is 13.4. The monoisotopic (exact) mass is 524 g/mol. The first-order chi connectivity index (χ1) is 16.7. The molecule has 4 aliphatic rings. The number of carbonyl (C=O) groups is 2. The van der Waals surface area contributed by atoms with Gasteiger partial charge in [-0.05, 0) is 62.3 Å². The van der Waals surface area contributed by atoms with Crippen molar-refractivity contribution in [1.82, 2.24) is 0 Å². The lowest BCUT2D eigenvalue weighted by molar-refractivity contribution is -0.777. The standard InChI is InChI=1S/C13H13S.C12H14F2O6S/c1-14(12-8-4-2-5-9-12)13-10-6-3-7-11-13;13-12(14,21-20-19-17)10(16)18-11-3-6-1-7(4-11)9(15)8(2-6)5-11/h2-11H,1H3;6-8,17H,1-5H2/q+1;/p-1. The van der Waals surface area contributed by atoms with Crippen molar-refractivity contribution in [2.75, 3.05) is 6.26 Å². The highest BCUT2D eigenvalue weighted by atomic mass is 32.2. The molecular weight excluding hydrogens is 498 g/mol. The normalized spacial score (nSPS) is 26.9. The molecule has 4 bridgehead atoms. The molecule has 0 N–H and O–H groups in total. The molecule has 2 atom stereocenters. The van der Waals surface area contributed by atoms with Gasteiger partial charge in [-0.3, -0.25) is 9.83 Å². The Hall–Kier alpha value is -1.98. The molecule has 6 nitrogen and oxygen atoms in total. The number of hydrogen-bond donors (Lipinski definition) is 0. The molecule has 6 rings (SSSR count). The van der Waals surface area contributed by atoms with Crippen LogP contribution < -0.4 is 5.26 Å². The number of esters is 1. The minimum absolute atomic E-state index is 0.168. The second-order valence-corrected chi connectivity index (χ2v) is 12.0. The Kier molecular flexibility index (Phi) is 8.17. The van der Waals surface area contributed by atoms with Crippen molar-refractivity contribution >= 4 is 34.7 Å². The highest BCUT2D eigenvalue weighted by Crippen LogP contribution is 2.56. The van der Waals surface area contributed by atoms with Crippen LogP contribution in [0, 0.1) is 17.8 Å². The molecule has 0 amide bonds. The molecule has 0 heterocycles. The smallest absolute Gasteiger partial charge is 0.415 e. The molecule has 2 unspecified atom stereocenters. The topological polar surface area (TPSA) is 84.9 Å². The van der Waals surface area contributed by atoms with Gasteiger partial charge in [0.15, 0.2) is 9.79 Å². The molecule has 35 heavy (non-hydrogen) atoms. The van der Waals surface area contributed by atoms with Crippen LogP contribution >= 0.6 is 12.0 Å². The minimum Gasteiger partial charge on any atom is -0.691 e. The van der Waals surface area contributed by atoms with Crippen LogP contribution in [0.1, 0.15) is 32.1 Å². The van der Waals surface area contributed by atoms with Crippen molar-refractivity contribution in [1.29, 1.82) is 0 Å². The highest BCUT2D eigenvalue weighted by Gasteiger charge is 2.59. The van der Waals surface area contributed by atoms with Crippen molar-refractivity contribution in [3.8, 4) is 0 Å². The lowest BCUT2D eigenvalue weighted by Gasteiger charge is -2.54. The third-order valence-electron chi connectivity index (χ3n) is 6.84. The average Bonchev–Trinajstić information content (AvgIpc) is 2.86. The molecule has 0 aromatic heterocycles. The van der Waals surface area contributed by atoms with Crippen LogP contribution in [0.2, 0.25) is 0 Å². The van der Waals surface area contributed by atoms with Crippen LogP contribution in [-0.2, 0) is 34.6 Å². The molecule has 4 aliphatic carbocycles. The maximum absolute atomic E-state index is 13.4. The Morgan fingerprint density at radius 1 is 1.00 bits per heavy atom. The van der Waals surface area contributed by atoms with E-state index in [2.05, 4.69) is 76.3 Å². The Balaban J connectivity index is 0.000000179. The number of hydrogen-bond acceptors (Lipinski definition) is 7. The number of ether oxygens (including phenoxy) is 1. The molecular formula is C25H26F2O6S2. The number of rotatable bonds is 7. The van der Waals surface area contributed by atoms with Crippen LogP contribution in [-0.4, -0.2) is 28.9 Å². The van der Waals surface area contributed by atoms with E-state index >= 15 is 0 Å². The largest absolute Gasteiger partial charge is 0.691 e. The van der Waals surface area contributed by atoms with E-state index in [1.807, 2.05) is 0 Å². The van der Waals surface area contributed by atoms with Crippen LogP contribution in [0.5, 0.6) is 0 Å². The first-order valence-corrected chi connectivity index (χ1v) is 13.7. The van der Waals surface area contributed by atoms with Crippen molar-refractivity contribution in [3.63, 3.8) is 0 Å². The van der Waals surface area contributed by atoms with Gasteiger partial charge in [0.25, 0.3) is 0 Å². The lowest BCUT2D eigenvalue weighted by Crippen LogP contribution is -2.57. The fourth-order valence-corrected chi connectivity index (χ4v) is 7.16. The van der Waals surface area contributed by atoms with Gasteiger partial charge < -0.3 is 9.99 Å². The van der Waals surface area contributed by atoms with Crippen molar-refractivity contribution in [2.45, 2.75) is 52.8 Å². The molecule has 10 heteroatoms. The van der Waals surface area contributed by atoms with E-state index in [-0.39, 0.29) is 34.4 Å². The molecule has 0 aliphatic heterocycles. The Labute approximate surface area is 209 Å². The maximum Gasteiger partial charge on any atom is 0.415 e. The van der Waals surface area contributed by atoms with E-state index in [4.69, 9.17) is 4.74 Å². The number of halogens is 2. The van der Waals surface area contributed by atoms with Gasteiger partial charge in [0, 0.05) is 11.8 Å². The first kappa shape index (κ1) is 26.1. The third-order valence-corrected chi connectivity index (χ3v) is 9.30. The van der Waals surface area contributed by atoms with Gasteiger partial charge in [-0.25, -0.2) is 4.79 Å². The predicted molar refractivity (Wildman–Crippen MR) is 125 cm³/mol. The Morgan fingerprint density at radius 3 is 2.00 bits per heavy atom. The van der Waals surface area contributed by atoms with Gasteiger partial charge in [-0.2, -0.15) is 13.1 Å². The van der Waals surface area contributed by atoms with E-state index in [9.17, 15) is 23.6 Å². The van der Waals surface area contributed by atoms with E-state index in [1.165, 1.54) is 9.79 Å². The average molecular weight is 525 g/mol. The summed E-state index contributed by atoms with van der Waals surface area (Å²) in [7, 11) is 0.203. The van der Waals surface area contributed by atoms with E-state index in [0.717, 1.165) is 12.8 Å². The van der Waals surface area contributed by atoms with E-state index in [1.54, 1.807) is 0 Å². The van der Waals surface area contributed by atoms with Crippen LogP contribution in [0.15, 0.2) is 70.5 Å². The fraction of sp³-hybridized carbons (Fsp3) is 0.440. The summed E-state index contributed by atoms with van der Waals surface area (Å²) in [6.45, 7) is 0. The van der Waals surface area contributed by atoms with Gasteiger partial charge in [0.2, 0.25) is 0 Å². The van der Waals surface area contributed by atoms with Gasteiger partial charge in [-0.1, -0.05) is 36.4 Å². The summed E-state index contributed by atoms with van der Waals surface area (Å²) in [5.41, 5.74) is -0.982. The van der Waals surface area contributed by atoms with E-state index in [0.29, 0.717) is 19.3 Å². The molecule has 0 saturated heterocycles. The summed E-state index contributed by atoms with van der Waals surface area (Å²) in [6.07, 6.45) is 4.91. The minimum atomic E-state index is -4.03. The van der Waals surface area contributed by atoms with Crippen molar-refractivity contribution < 1.29 is 37.7 Å². The number of Topliss-reactive ketones (excluding diaryl/α,β-unsaturated/α-hetero) is 1. The predicted octanol–water partition coefficient (Wildman–Crippen LogP) is 4.49. The summed E-state index contributed by atoms with van der Waals surface area (Å²) in [5, 5.41) is 8.37. The molecule has 4 fully saturated rings. The number of benzene rings is 2. The van der Waals surface area contributed by atoms with Crippen LogP contribution in [0.4, 0.5) is 8.78 Å². The molecule has 188 valence electrons. The zero-order valence-electron chi connectivity index (χ0n) is 19.1. The van der Waals surface area contributed by atoms with Gasteiger partial charge >= 0.3 is 11.2 Å². The zero-order valence-corrected chi connectivity index (χ0v) is 20.7. The molecule has 0 spiro atoms. The van der Waals surface area contributed by atoms with Gasteiger partial charge in [-0.15, -0.1) is 0 Å². The van der Waals surface area contributed by atoms with Gasteiger partial charge in [0.05, 0.1) is 10.9 Å². The Morgan fingerprint density at radius 2 is 1.51 bits per heavy atom. The van der Waals surface area contributed by atoms with Crippen LogP contribution in [0.25, 0.3) is 0 Å². The zero-order chi connectivity index (χ0) is 25.1. The van der Waals surface area contributed by atoms with Crippen molar-refractivity contribution in [3.05, 3.63) is 60.7 Å². The number of carbonyl (C=O) groups excluding carboxylic acids is 2. The third kappa shape index (κ3) is 6.06. The summed E-state index contributed by atoms with van der Waals surface area (Å²) in [6, 6.07) is 21.3. The summed E-state index contributed by atoms with van der Waals surface area (Å²) in [4.78, 5) is 26.4. The molecule has 0 radical (unpaired) electrons. The van der Waals surface area contributed by atoms with Crippen molar-refractivity contribution in [2.24, 2.45) is 17.8 Å². The Bertz CT molecular complexity index is 966. The van der Waals surface area contributed by atoms with Gasteiger partial charge in [0.1, 0.15) is 29.7 Å². The molecule has 2 aromatic carbocycles. The SMILES string of the molecule is C[S+](c1ccccc1)c1ccccc1.O=C1C2CC3CC1CC(OC(=O)C(F)(F)SOO[O-])(C3)C2. The summed E-state index contributed by atoms with van der Waals surface area (Å²) < 4.78 is 35.5. The quantitative estimate of drug-likeness (QED) is 0.173.